The van der Waals surface area contributed by atoms with Crippen molar-refractivity contribution in [3.63, 3.8) is 0 Å². The zero-order valence-electron chi connectivity index (χ0n) is 10.5. The Labute approximate surface area is 106 Å². The molecule has 1 amide bonds. The van der Waals surface area contributed by atoms with Crippen molar-refractivity contribution in [2.45, 2.75) is 26.7 Å². The van der Waals surface area contributed by atoms with Gasteiger partial charge < -0.3 is 9.47 Å². The molecule has 0 unspecified atom stereocenters. The fraction of sp³-hybridized carbons (Fsp3) is 0.385. The van der Waals surface area contributed by atoms with Crippen LogP contribution in [-0.2, 0) is 11.2 Å². The average molecular weight is 248 g/mol. The van der Waals surface area contributed by atoms with Crippen LogP contribution in [0.4, 0.5) is 0 Å². The van der Waals surface area contributed by atoms with Crippen molar-refractivity contribution >= 4 is 11.6 Å². The minimum atomic E-state index is -0.155. The first-order valence-electron chi connectivity index (χ1n) is 5.83. The number of fused-ring (bicyclic) bond motifs is 1. The molecule has 1 aromatic carbocycles. The summed E-state index contributed by atoms with van der Waals surface area (Å²) in [5.41, 5.74) is 4.48. The Hall–Kier alpha value is -2.04. The van der Waals surface area contributed by atoms with Gasteiger partial charge in [0.15, 0.2) is 11.5 Å². The first-order chi connectivity index (χ1) is 8.65. The molecule has 18 heavy (non-hydrogen) atoms. The molecular weight excluding hydrogens is 232 g/mol. The molecule has 0 saturated heterocycles. The molecule has 5 heteroatoms. The second-order valence-electron chi connectivity index (χ2n) is 4.20. The van der Waals surface area contributed by atoms with Crippen LogP contribution in [-0.4, -0.2) is 18.4 Å². The molecule has 5 nitrogen and oxygen atoms in total. The Morgan fingerprint density at radius 2 is 2.11 bits per heavy atom. The molecule has 0 spiro atoms. The highest BCUT2D eigenvalue weighted by Gasteiger charge is 2.12. The van der Waals surface area contributed by atoms with Crippen LogP contribution >= 0.6 is 0 Å². The fourth-order valence-corrected chi connectivity index (χ4v) is 1.65. The van der Waals surface area contributed by atoms with Crippen molar-refractivity contribution in [3.8, 4) is 11.5 Å². The number of nitrogens with one attached hydrogen (secondary N) is 1. The summed E-state index contributed by atoms with van der Waals surface area (Å²) in [6.45, 7) is 3.62. The predicted molar refractivity (Wildman–Crippen MR) is 67.8 cm³/mol. The number of ether oxygens (including phenoxy) is 2. The highest BCUT2D eigenvalue weighted by molar-refractivity contribution is 5.84. The predicted octanol–water partition coefficient (Wildman–Crippen LogP) is 1.86. The minimum Gasteiger partial charge on any atom is -0.454 e. The van der Waals surface area contributed by atoms with Crippen molar-refractivity contribution in [2.24, 2.45) is 5.10 Å². The zero-order valence-corrected chi connectivity index (χ0v) is 10.5. The number of nitrogens with zero attached hydrogens (tertiary/aromatic N) is 1. The number of hydrogen-bond acceptors (Lipinski definition) is 4. The Balaban J connectivity index is 1.90. The first kappa shape index (κ1) is 12.4. The van der Waals surface area contributed by atoms with Crippen LogP contribution in [0.15, 0.2) is 23.3 Å². The van der Waals surface area contributed by atoms with E-state index in [0.717, 1.165) is 35.6 Å². The normalized spacial score (nSPS) is 13.6. The van der Waals surface area contributed by atoms with Gasteiger partial charge >= 0.3 is 0 Å². The van der Waals surface area contributed by atoms with E-state index in [4.69, 9.17) is 9.47 Å². The highest BCUT2D eigenvalue weighted by atomic mass is 16.7. The molecule has 0 saturated carbocycles. The molecule has 1 heterocycles. The van der Waals surface area contributed by atoms with E-state index in [1.165, 1.54) is 6.92 Å². The Bertz CT molecular complexity index is 483. The van der Waals surface area contributed by atoms with Gasteiger partial charge in [-0.15, -0.1) is 0 Å². The van der Waals surface area contributed by atoms with Crippen LogP contribution < -0.4 is 14.9 Å². The fourth-order valence-electron chi connectivity index (χ4n) is 1.65. The summed E-state index contributed by atoms with van der Waals surface area (Å²) < 4.78 is 10.6. The van der Waals surface area contributed by atoms with Gasteiger partial charge in [0.1, 0.15) is 0 Å². The van der Waals surface area contributed by atoms with Crippen LogP contribution in [0.2, 0.25) is 0 Å². The molecule has 0 atom stereocenters. The van der Waals surface area contributed by atoms with E-state index in [1.807, 2.05) is 25.1 Å². The van der Waals surface area contributed by atoms with E-state index in [9.17, 15) is 4.79 Å². The van der Waals surface area contributed by atoms with Gasteiger partial charge in [0.2, 0.25) is 12.7 Å². The molecule has 1 aromatic rings. The number of carbonyl (C=O) groups is 1. The van der Waals surface area contributed by atoms with Gasteiger partial charge in [0, 0.05) is 12.6 Å². The summed E-state index contributed by atoms with van der Waals surface area (Å²) in [5, 5.41) is 3.97. The zero-order chi connectivity index (χ0) is 13.0. The maximum atomic E-state index is 10.7. The van der Waals surface area contributed by atoms with Crippen LogP contribution in [0.3, 0.4) is 0 Å². The van der Waals surface area contributed by atoms with Gasteiger partial charge in [-0.25, -0.2) is 5.43 Å². The van der Waals surface area contributed by atoms with Crippen molar-refractivity contribution in [1.82, 2.24) is 5.43 Å². The maximum Gasteiger partial charge on any atom is 0.236 e. The third kappa shape index (κ3) is 3.23. The standard InChI is InChI=1S/C13H16N2O3/c1-9(14-15-10(2)16)3-4-11-5-6-12-13(7-11)18-8-17-12/h5-7H,3-4,8H2,1-2H3,(H,15,16)/b14-9-. The van der Waals surface area contributed by atoms with Crippen molar-refractivity contribution < 1.29 is 14.3 Å². The summed E-state index contributed by atoms with van der Waals surface area (Å²) in [5.74, 6) is 1.43. The summed E-state index contributed by atoms with van der Waals surface area (Å²) in [6, 6.07) is 5.91. The lowest BCUT2D eigenvalue weighted by molar-refractivity contribution is -0.118. The van der Waals surface area contributed by atoms with Crippen LogP contribution in [0.5, 0.6) is 11.5 Å². The number of rotatable bonds is 4. The lowest BCUT2D eigenvalue weighted by Crippen LogP contribution is -2.14. The molecular formula is C13H16N2O3. The van der Waals surface area contributed by atoms with Gasteiger partial charge in [-0.2, -0.15) is 5.10 Å². The number of hydrogen-bond donors (Lipinski definition) is 1. The molecule has 0 fully saturated rings. The lowest BCUT2D eigenvalue weighted by atomic mass is 10.1. The van der Waals surface area contributed by atoms with Crippen molar-refractivity contribution in [1.29, 1.82) is 0 Å². The maximum absolute atomic E-state index is 10.7. The Morgan fingerprint density at radius 1 is 1.33 bits per heavy atom. The van der Waals surface area contributed by atoms with E-state index in [-0.39, 0.29) is 5.91 Å². The van der Waals surface area contributed by atoms with Gasteiger partial charge in [-0.3, -0.25) is 4.79 Å². The van der Waals surface area contributed by atoms with Gasteiger partial charge in [0.05, 0.1) is 0 Å². The SMILES string of the molecule is CC(=O)N/N=C(/C)CCc1ccc2c(c1)OCO2. The summed E-state index contributed by atoms with van der Waals surface area (Å²) in [6.07, 6.45) is 1.64. The molecule has 1 aliphatic rings. The molecule has 96 valence electrons. The lowest BCUT2D eigenvalue weighted by Gasteiger charge is -2.03. The summed E-state index contributed by atoms with van der Waals surface area (Å²) in [7, 11) is 0. The van der Waals surface area contributed by atoms with Crippen LogP contribution in [0.1, 0.15) is 25.8 Å². The third-order valence-corrected chi connectivity index (χ3v) is 2.62. The van der Waals surface area contributed by atoms with Crippen molar-refractivity contribution in [2.75, 3.05) is 6.79 Å². The van der Waals surface area contributed by atoms with Gasteiger partial charge in [-0.1, -0.05) is 6.07 Å². The number of amides is 1. The van der Waals surface area contributed by atoms with Crippen LogP contribution in [0.25, 0.3) is 0 Å². The van der Waals surface area contributed by atoms with Gasteiger partial charge in [-0.05, 0) is 37.5 Å². The monoisotopic (exact) mass is 248 g/mol. The first-order valence-corrected chi connectivity index (χ1v) is 5.83. The van der Waals surface area contributed by atoms with Crippen LogP contribution in [0, 0.1) is 0 Å². The van der Waals surface area contributed by atoms with Gasteiger partial charge in [0.25, 0.3) is 0 Å². The van der Waals surface area contributed by atoms with Crippen molar-refractivity contribution in [3.05, 3.63) is 23.8 Å². The Morgan fingerprint density at radius 3 is 2.89 bits per heavy atom. The van der Waals surface area contributed by atoms with E-state index in [0.29, 0.717) is 6.79 Å². The molecule has 1 aliphatic heterocycles. The summed E-state index contributed by atoms with van der Waals surface area (Å²) in [4.78, 5) is 10.7. The number of benzene rings is 1. The topological polar surface area (TPSA) is 59.9 Å². The second-order valence-corrected chi connectivity index (χ2v) is 4.20. The largest absolute Gasteiger partial charge is 0.454 e. The second kappa shape index (κ2) is 5.53. The number of hydrazone groups is 1. The summed E-state index contributed by atoms with van der Waals surface area (Å²) >= 11 is 0. The number of aryl methyl sites for hydroxylation is 1. The van der Waals surface area contributed by atoms with E-state index in [1.54, 1.807) is 0 Å². The molecule has 1 N–H and O–H groups in total. The molecule has 0 aromatic heterocycles. The minimum absolute atomic E-state index is 0.155. The van der Waals surface area contributed by atoms with E-state index < -0.39 is 0 Å². The third-order valence-electron chi connectivity index (χ3n) is 2.62. The molecule has 0 radical (unpaired) electrons. The quantitative estimate of drug-likeness (QED) is 0.653. The smallest absolute Gasteiger partial charge is 0.236 e. The molecule has 0 bridgehead atoms. The highest BCUT2D eigenvalue weighted by Crippen LogP contribution is 2.32. The Kier molecular flexibility index (Phi) is 3.82. The molecule has 0 aliphatic carbocycles. The van der Waals surface area contributed by atoms with E-state index >= 15 is 0 Å². The average Bonchev–Trinajstić information content (AvgIpc) is 2.81. The van der Waals surface area contributed by atoms with E-state index in [2.05, 4.69) is 10.5 Å². The number of carbonyl (C=O) groups excluding carboxylic acids is 1. The molecule has 2 rings (SSSR count).